The number of anilines is 5. The van der Waals surface area contributed by atoms with E-state index < -0.39 is 10.0 Å². The average molecular weight is 555 g/mol. The number of rotatable bonds is 4. The maximum atomic E-state index is 13.6. The van der Waals surface area contributed by atoms with Gasteiger partial charge in [-0.15, -0.1) is 0 Å². The van der Waals surface area contributed by atoms with Crippen molar-refractivity contribution in [2.45, 2.75) is 32.6 Å². The molecule has 0 atom stereocenters. The number of sulfonamides is 1. The van der Waals surface area contributed by atoms with Crippen LogP contribution in [-0.2, 0) is 14.8 Å². The van der Waals surface area contributed by atoms with Crippen LogP contribution in [0, 0.1) is 5.92 Å². The Bertz CT molecular complexity index is 1300. The molecule has 210 valence electrons. The summed E-state index contributed by atoms with van der Waals surface area (Å²) in [5.74, 6) is 1.48. The van der Waals surface area contributed by atoms with Crippen LogP contribution in [0.4, 0.5) is 28.7 Å². The first-order chi connectivity index (χ1) is 18.9. The smallest absolute Gasteiger partial charge is 0.258 e. The molecule has 2 saturated heterocycles. The lowest BCUT2D eigenvalue weighted by atomic mass is 9.92. The van der Waals surface area contributed by atoms with Gasteiger partial charge in [-0.1, -0.05) is 12.2 Å². The molecule has 0 unspecified atom stereocenters. The van der Waals surface area contributed by atoms with Crippen LogP contribution in [0.25, 0.3) is 0 Å². The van der Waals surface area contributed by atoms with Crippen molar-refractivity contribution in [2.75, 3.05) is 76.8 Å². The molecular weight excluding hydrogens is 516 g/mol. The van der Waals surface area contributed by atoms with Gasteiger partial charge in [0, 0.05) is 32.7 Å². The van der Waals surface area contributed by atoms with Crippen LogP contribution in [0.3, 0.4) is 0 Å². The Morgan fingerprint density at radius 1 is 1.03 bits per heavy atom. The van der Waals surface area contributed by atoms with Crippen LogP contribution in [0.1, 0.15) is 43.0 Å². The van der Waals surface area contributed by atoms with Crippen molar-refractivity contribution in [3.05, 3.63) is 48.0 Å². The highest BCUT2D eigenvalue weighted by Crippen LogP contribution is 2.32. The molecule has 2 aromatic rings. The lowest BCUT2D eigenvalue weighted by Crippen LogP contribution is -2.36. The highest BCUT2D eigenvalue weighted by atomic mass is 32.2. The SMILES string of the molecule is CCS(=O)(=O)Nc1ccc2c(c1)N1CCC(C/C=C/CCNc3nc(ccc3N3CCOCC3)NC2=O)CC1. The Morgan fingerprint density at radius 3 is 2.56 bits per heavy atom. The zero-order valence-corrected chi connectivity index (χ0v) is 23.3. The second kappa shape index (κ2) is 12.3. The molecular formula is C28H38N6O4S. The fraction of sp³-hybridized carbons (Fsp3) is 0.500. The van der Waals surface area contributed by atoms with E-state index >= 15 is 0 Å². The highest BCUT2D eigenvalue weighted by Gasteiger charge is 2.24. The van der Waals surface area contributed by atoms with Crippen molar-refractivity contribution in [2.24, 2.45) is 5.92 Å². The lowest BCUT2D eigenvalue weighted by Gasteiger charge is -2.34. The molecule has 2 fully saturated rings. The summed E-state index contributed by atoms with van der Waals surface area (Å²) in [6.45, 7) is 6.88. The van der Waals surface area contributed by atoms with Crippen LogP contribution < -0.4 is 25.2 Å². The van der Waals surface area contributed by atoms with Gasteiger partial charge in [0.25, 0.3) is 5.91 Å². The molecule has 3 N–H and O–H groups in total. The van der Waals surface area contributed by atoms with E-state index in [9.17, 15) is 13.2 Å². The zero-order chi connectivity index (χ0) is 27.2. The summed E-state index contributed by atoms with van der Waals surface area (Å²) in [7, 11) is -3.44. The van der Waals surface area contributed by atoms with Crippen LogP contribution in [0.5, 0.6) is 0 Å². The van der Waals surface area contributed by atoms with Gasteiger partial charge in [0.15, 0.2) is 5.82 Å². The van der Waals surface area contributed by atoms with E-state index in [2.05, 4.69) is 37.3 Å². The number of ether oxygens (including phenoxy) is 1. The van der Waals surface area contributed by atoms with Gasteiger partial charge in [0.1, 0.15) is 5.82 Å². The van der Waals surface area contributed by atoms with E-state index in [4.69, 9.17) is 9.72 Å². The normalized spacial score (nSPS) is 20.0. The van der Waals surface area contributed by atoms with Crippen LogP contribution in [0.15, 0.2) is 42.5 Å². The average Bonchev–Trinajstić information content (AvgIpc) is 2.95. The monoisotopic (exact) mass is 554 g/mol. The summed E-state index contributed by atoms with van der Waals surface area (Å²) in [5, 5.41) is 6.46. The van der Waals surface area contributed by atoms with Crippen molar-refractivity contribution in [1.82, 2.24) is 4.98 Å². The van der Waals surface area contributed by atoms with E-state index in [1.807, 2.05) is 12.1 Å². The zero-order valence-electron chi connectivity index (χ0n) is 22.5. The Morgan fingerprint density at radius 2 is 1.79 bits per heavy atom. The van der Waals surface area contributed by atoms with E-state index in [0.29, 0.717) is 36.2 Å². The number of morpholine rings is 1. The number of hydrogen-bond donors (Lipinski definition) is 3. The largest absolute Gasteiger partial charge is 0.378 e. The van der Waals surface area contributed by atoms with Gasteiger partial charge in [0.05, 0.1) is 41.6 Å². The summed E-state index contributed by atoms with van der Waals surface area (Å²) in [6.07, 6.45) is 8.47. The summed E-state index contributed by atoms with van der Waals surface area (Å²) in [6, 6.07) is 8.94. The number of carbonyl (C=O) groups excluding carboxylic acids is 1. The summed E-state index contributed by atoms with van der Waals surface area (Å²) in [4.78, 5) is 22.8. The maximum absolute atomic E-state index is 13.6. The van der Waals surface area contributed by atoms with E-state index in [-0.39, 0.29) is 11.7 Å². The second-order valence-electron chi connectivity index (χ2n) is 10.2. The van der Waals surface area contributed by atoms with Gasteiger partial charge < -0.3 is 25.2 Å². The van der Waals surface area contributed by atoms with Crippen molar-refractivity contribution >= 4 is 44.6 Å². The molecule has 10 nitrogen and oxygen atoms in total. The minimum atomic E-state index is -3.44. The molecule has 6 rings (SSSR count). The molecule has 0 spiro atoms. The molecule has 0 saturated carbocycles. The number of hydrogen-bond acceptors (Lipinski definition) is 8. The summed E-state index contributed by atoms with van der Waals surface area (Å²) in [5.41, 5.74) is 2.67. The quantitative estimate of drug-likeness (QED) is 0.488. The topological polar surface area (TPSA) is 116 Å². The van der Waals surface area contributed by atoms with Crippen molar-refractivity contribution < 1.29 is 17.9 Å². The molecule has 1 aromatic carbocycles. The number of nitrogens with one attached hydrogen (secondary N) is 3. The maximum Gasteiger partial charge on any atom is 0.258 e. The minimum absolute atomic E-state index is 0.0219. The molecule has 0 radical (unpaired) electrons. The number of amides is 1. The highest BCUT2D eigenvalue weighted by molar-refractivity contribution is 7.92. The van der Waals surface area contributed by atoms with Gasteiger partial charge >= 0.3 is 0 Å². The second-order valence-corrected chi connectivity index (χ2v) is 12.2. The molecule has 4 aliphatic heterocycles. The van der Waals surface area contributed by atoms with E-state index in [1.165, 1.54) is 0 Å². The fourth-order valence-corrected chi connectivity index (χ4v) is 5.92. The Labute approximate surface area is 230 Å². The Kier molecular flexibility index (Phi) is 8.56. The van der Waals surface area contributed by atoms with E-state index in [1.54, 1.807) is 25.1 Å². The number of nitrogens with zero attached hydrogens (tertiary/aromatic N) is 3. The van der Waals surface area contributed by atoms with Gasteiger partial charge in [-0.2, -0.15) is 0 Å². The summed E-state index contributed by atoms with van der Waals surface area (Å²) >= 11 is 0. The molecule has 39 heavy (non-hydrogen) atoms. The summed E-state index contributed by atoms with van der Waals surface area (Å²) < 4.78 is 32.6. The number of aromatic nitrogens is 1. The first kappa shape index (κ1) is 27.3. The molecule has 5 heterocycles. The van der Waals surface area contributed by atoms with Gasteiger partial charge in [-0.25, -0.2) is 13.4 Å². The molecule has 4 aliphatic rings. The number of benzene rings is 1. The molecule has 11 heteroatoms. The lowest BCUT2D eigenvalue weighted by molar-refractivity contribution is 0.102. The standard InChI is InChI=1S/C28H38N6O4S/c1-2-39(36,37)32-22-7-8-23-25(20-22)33-14-11-21(12-15-33)6-4-3-5-13-29-27-24(34-16-18-38-19-17-34)9-10-26(30-27)31-28(23)35/h3-4,7-10,20-21,32H,2,5-6,11-19H2,1H3,(H2,29,30,31,35)/b4-3+. The van der Waals surface area contributed by atoms with Gasteiger partial charge in [0.2, 0.25) is 10.0 Å². The fourth-order valence-electron chi connectivity index (χ4n) is 5.29. The predicted octanol–water partition coefficient (Wildman–Crippen LogP) is 3.91. The van der Waals surface area contributed by atoms with Crippen molar-refractivity contribution in [3.63, 3.8) is 0 Å². The first-order valence-electron chi connectivity index (χ1n) is 13.9. The predicted molar refractivity (Wildman–Crippen MR) is 157 cm³/mol. The van der Waals surface area contributed by atoms with Crippen LogP contribution in [0.2, 0.25) is 0 Å². The van der Waals surface area contributed by atoms with Gasteiger partial charge in [-0.05, 0) is 68.9 Å². The van der Waals surface area contributed by atoms with Crippen molar-refractivity contribution in [3.8, 4) is 0 Å². The third-order valence-corrected chi connectivity index (χ3v) is 8.86. The number of fused-ring (bicyclic) bond motifs is 7. The Balaban J connectivity index is 1.48. The number of allylic oxidation sites excluding steroid dienone is 1. The number of pyridine rings is 1. The minimum Gasteiger partial charge on any atom is -0.378 e. The third-order valence-electron chi connectivity index (χ3n) is 7.56. The van der Waals surface area contributed by atoms with Gasteiger partial charge in [-0.3, -0.25) is 9.52 Å². The molecule has 0 aliphatic carbocycles. The molecule has 4 bridgehead atoms. The third kappa shape index (κ3) is 6.83. The first-order valence-corrected chi connectivity index (χ1v) is 15.5. The Hall–Kier alpha value is -3.31. The molecule has 1 amide bonds. The van der Waals surface area contributed by atoms with Crippen LogP contribution in [-0.4, -0.2) is 71.0 Å². The number of carbonyl (C=O) groups is 1. The molecule has 1 aromatic heterocycles. The van der Waals surface area contributed by atoms with Crippen molar-refractivity contribution in [1.29, 1.82) is 0 Å². The van der Waals surface area contributed by atoms with Crippen LogP contribution >= 0.6 is 0 Å². The van der Waals surface area contributed by atoms with E-state index in [0.717, 1.165) is 75.6 Å². The number of piperidine rings is 1.